The number of thiazole rings is 1. The number of hydrogen-bond donors (Lipinski definition) is 1. The number of aromatic nitrogens is 1. The van der Waals surface area contributed by atoms with Gasteiger partial charge in [-0.1, -0.05) is 0 Å². The molecule has 2 heterocycles. The molecule has 1 aliphatic heterocycles. The molecule has 0 bridgehead atoms. The molecular formula is C9H15N3S. The lowest BCUT2D eigenvalue weighted by Crippen LogP contribution is -2.56. The molecule has 0 radical (unpaired) electrons. The summed E-state index contributed by atoms with van der Waals surface area (Å²) in [4.78, 5) is 6.85. The summed E-state index contributed by atoms with van der Waals surface area (Å²) >= 11 is 1.73. The maximum Gasteiger partial charge on any atom is 0.0897 e. The van der Waals surface area contributed by atoms with Crippen molar-refractivity contribution >= 4 is 11.3 Å². The average molecular weight is 197 g/mol. The summed E-state index contributed by atoms with van der Waals surface area (Å²) in [5, 5.41) is 6.58. The Morgan fingerprint density at radius 1 is 1.69 bits per heavy atom. The number of likely N-dealkylation sites (tertiary alicyclic amines) is 1. The first-order valence-corrected chi connectivity index (χ1v) is 5.46. The van der Waals surface area contributed by atoms with Crippen molar-refractivity contribution in [3.05, 3.63) is 16.1 Å². The Morgan fingerprint density at radius 3 is 3.00 bits per heavy atom. The van der Waals surface area contributed by atoms with Gasteiger partial charge in [0.15, 0.2) is 0 Å². The first-order chi connectivity index (χ1) is 6.28. The van der Waals surface area contributed by atoms with Gasteiger partial charge in [0.05, 0.1) is 10.7 Å². The largest absolute Gasteiger partial charge is 0.315 e. The molecule has 4 heteroatoms. The highest BCUT2D eigenvalue weighted by molar-refractivity contribution is 7.09. The molecule has 3 nitrogen and oxygen atoms in total. The molecule has 1 aromatic rings. The predicted octanol–water partition coefficient (Wildman–Crippen LogP) is 0.855. The van der Waals surface area contributed by atoms with E-state index in [1.54, 1.807) is 11.3 Å². The Balaban J connectivity index is 1.81. The van der Waals surface area contributed by atoms with Gasteiger partial charge >= 0.3 is 0 Å². The van der Waals surface area contributed by atoms with Gasteiger partial charge in [-0.3, -0.25) is 4.90 Å². The van der Waals surface area contributed by atoms with Crippen LogP contribution in [0.1, 0.15) is 10.7 Å². The van der Waals surface area contributed by atoms with Gasteiger partial charge in [-0.05, 0) is 14.0 Å². The van der Waals surface area contributed by atoms with Crippen molar-refractivity contribution in [2.75, 3.05) is 20.1 Å². The molecule has 0 aromatic carbocycles. The van der Waals surface area contributed by atoms with Crippen LogP contribution in [-0.4, -0.2) is 36.1 Å². The second-order valence-electron chi connectivity index (χ2n) is 3.54. The number of hydrogen-bond acceptors (Lipinski definition) is 4. The fraction of sp³-hybridized carbons (Fsp3) is 0.667. The van der Waals surface area contributed by atoms with Crippen molar-refractivity contribution in [1.29, 1.82) is 0 Å². The zero-order valence-electron chi connectivity index (χ0n) is 8.08. The highest BCUT2D eigenvalue weighted by Gasteiger charge is 2.25. The van der Waals surface area contributed by atoms with E-state index in [0.29, 0.717) is 6.04 Å². The number of likely N-dealkylation sites (N-methyl/N-ethyl adjacent to an activating group) is 1. The van der Waals surface area contributed by atoms with Crippen LogP contribution < -0.4 is 5.32 Å². The van der Waals surface area contributed by atoms with Crippen LogP contribution in [0.4, 0.5) is 0 Å². The minimum absolute atomic E-state index is 0.694. The van der Waals surface area contributed by atoms with Crippen LogP contribution in [-0.2, 0) is 6.54 Å². The fourth-order valence-electron chi connectivity index (χ4n) is 1.59. The highest BCUT2D eigenvalue weighted by atomic mass is 32.1. The SMILES string of the molecule is CNC1CN(Cc2csc(C)n2)C1. The topological polar surface area (TPSA) is 28.2 Å². The summed E-state index contributed by atoms with van der Waals surface area (Å²) < 4.78 is 0. The maximum atomic E-state index is 4.44. The monoisotopic (exact) mass is 197 g/mol. The number of aryl methyl sites for hydroxylation is 1. The van der Waals surface area contributed by atoms with E-state index >= 15 is 0 Å². The Morgan fingerprint density at radius 2 is 2.46 bits per heavy atom. The van der Waals surface area contributed by atoms with E-state index in [0.717, 1.165) is 19.6 Å². The molecule has 1 fully saturated rings. The molecule has 0 spiro atoms. The summed E-state index contributed by atoms with van der Waals surface area (Å²) in [6.07, 6.45) is 0. The Kier molecular flexibility index (Phi) is 2.62. The average Bonchev–Trinajstić information content (AvgIpc) is 2.43. The van der Waals surface area contributed by atoms with Crippen molar-refractivity contribution in [1.82, 2.24) is 15.2 Å². The third-order valence-corrected chi connectivity index (χ3v) is 3.24. The summed E-state index contributed by atoms with van der Waals surface area (Å²) in [5.74, 6) is 0. The predicted molar refractivity (Wildman–Crippen MR) is 55.0 cm³/mol. The van der Waals surface area contributed by atoms with Gasteiger partial charge in [0.1, 0.15) is 0 Å². The van der Waals surface area contributed by atoms with Gasteiger partial charge in [-0.25, -0.2) is 4.98 Å². The zero-order chi connectivity index (χ0) is 9.26. The van der Waals surface area contributed by atoms with Gasteiger partial charge in [0.2, 0.25) is 0 Å². The lowest BCUT2D eigenvalue weighted by Gasteiger charge is -2.38. The zero-order valence-corrected chi connectivity index (χ0v) is 8.90. The molecule has 0 saturated carbocycles. The molecule has 0 aliphatic carbocycles. The number of nitrogens with one attached hydrogen (secondary N) is 1. The van der Waals surface area contributed by atoms with Crippen LogP contribution in [0.25, 0.3) is 0 Å². The van der Waals surface area contributed by atoms with Crippen LogP contribution in [0.3, 0.4) is 0 Å². The summed E-state index contributed by atoms with van der Waals surface area (Å²) in [6, 6.07) is 0.694. The lowest BCUT2D eigenvalue weighted by molar-refractivity contribution is 0.122. The third kappa shape index (κ3) is 2.07. The van der Waals surface area contributed by atoms with E-state index in [4.69, 9.17) is 0 Å². The molecule has 1 aliphatic rings. The quantitative estimate of drug-likeness (QED) is 0.779. The molecule has 0 unspecified atom stereocenters. The van der Waals surface area contributed by atoms with E-state index in [2.05, 4.69) is 27.5 Å². The minimum atomic E-state index is 0.694. The smallest absolute Gasteiger partial charge is 0.0897 e. The van der Waals surface area contributed by atoms with Gasteiger partial charge in [-0.15, -0.1) is 11.3 Å². The van der Waals surface area contributed by atoms with E-state index in [1.165, 1.54) is 10.7 Å². The fourth-order valence-corrected chi connectivity index (χ4v) is 2.20. The van der Waals surface area contributed by atoms with Crippen molar-refractivity contribution in [3.8, 4) is 0 Å². The van der Waals surface area contributed by atoms with Crippen LogP contribution in [0.15, 0.2) is 5.38 Å². The number of nitrogens with zero attached hydrogens (tertiary/aromatic N) is 2. The van der Waals surface area contributed by atoms with Gasteiger partial charge < -0.3 is 5.32 Å². The molecule has 0 atom stereocenters. The van der Waals surface area contributed by atoms with Crippen molar-refractivity contribution in [3.63, 3.8) is 0 Å². The molecule has 0 amide bonds. The van der Waals surface area contributed by atoms with Crippen LogP contribution in [0.5, 0.6) is 0 Å². The Hall–Kier alpha value is -0.450. The molecule has 1 saturated heterocycles. The second-order valence-corrected chi connectivity index (χ2v) is 4.60. The molecular weight excluding hydrogens is 182 g/mol. The van der Waals surface area contributed by atoms with Crippen LogP contribution >= 0.6 is 11.3 Å². The standard InChI is InChI=1S/C9H15N3S/c1-7-11-9(6-13-7)5-12-3-8(4-12)10-2/h6,8,10H,3-5H2,1-2H3. The van der Waals surface area contributed by atoms with Crippen LogP contribution in [0.2, 0.25) is 0 Å². The highest BCUT2D eigenvalue weighted by Crippen LogP contribution is 2.14. The van der Waals surface area contributed by atoms with E-state index in [9.17, 15) is 0 Å². The first-order valence-electron chi connectivity index (χ1n) is 4.58. The van der Waals surface area contributed by atoms with Crippen molar-refractivity contribution in [2.45, 2.75) is 19.5 Å². The van der Waals surface area contributed by atoms with E-state index in [1.807, 2.05) is 7.05 Å². The Bertz CT molecular complexity index is 278. The minimum Gasteiger partial charge on any atom is -0.315 e. The number of rotatable bonds is 3. The summed E-state index contributed by atoms with van der Waals surface area (Å²) in [6.45, 7) is 5.39. The van der Waals surface area contributed by atoms with Crippen molar-refractivity contribution in [2.24, 2.45) is 0 Å². The van der Waals surface area contributed by atoms with Gasteiger partial charge in [-0.2, -0.15) is 0 Å². The molecule has 2 rings (SSSR count). The Labute approximate surface area is 82.8 Å². The third-order valence-electron chi connectivity index (χ3n) is 2.42. The second kappa shape index (κ2) is 3.74. The molecule has 72 valence electrons. The van der Waals surface area contributed by atoms with Crippen molar-refractivity contribution < 1.29 is 0 Å². The first kappa shape index (κ1) is 9.12. The molecule has 1 aromatic heterocycles. The van der Waals surface area contributed by atoms with Gasteiger partial charge in [0, 0.05) is 31.1 Å². The molecule has 13 heavy (non-hydrogen) atoms. The summed E-state index contributed by atoms with van der Waals surface area (Å²) in [5.41, 5.74) is 1.22. The maximum absolute atomic E-state index is 4.44. The molecule has 1 N–H and O–H groups in total. The van der Waals surface area contributed by atoms with E-state index < -0.39 is 0 Å². The van der Waals surface area contributed by atoms with Crippen LogP contribution in [0, 0.1) is 6.92 Å². The summed E-state index contributed by atoms with van der Waals surface area (Å²) in [7, 11) is 2.02. The lowest BCUT2D eigenvalue weighted by atomic mass is 10.1. The van der Waals surface area contributed by atoms with Gasteiger partial charge in [0.25, 0.3) is 0 Å². The normalized spacial score (nSPS) is 18.9. The van der Waals surface area contributed by atoms with E-state index in [-0.39, 0.29) is 0 Å².